The number of nitrogens with two attached hydrogens (primary N) is 1. The number of aromatic nitrogens is 1. The molecule has 1 heterocycles. The van der Waals surface area contributed by atoms with Gasteiger partial charge in [0.05, 0.1) is 21.8 Å². The van der Waals surface area contributed by atoms with Gasteiger partial charge in [0.2, 0.25) is 5.91 Å². The van der Waals surface area contributed by atoms with Gasteiger partial charge in [-0.1, -0.05) is 0 Å². The number of fused-ring (bicyclic) bond motifs is 1. The molecule has 18 heavy (non-hydrogen) atoms. The Balaban J connectivity index is 2.00. The van der Waals surface area contributed by atoms with Crippen LogP contribution in [-0.2, 0) is 9.53 Å². The second kappa shape index (κ2) is 5.90. The maximum atomic E-state index is 11.5. The van der Waals surface area contributed by atoms with Crippen molar-refractivity contribution in [2.24, 2.45) is 5.73 Å². The molecule has 5 nitrogen and oxygen atoms in total. The summed E-state index contributed by atoms with van der Waals surface area (Å²) in [6.07, 6.45) is 0. The van der Waals surface area contributed by atoms with Crippen LogP contribution in [0.3, 0.4) is 0 Å². The summed E-state index contributed by atoms with van der Waals surface area (Å²) in [6.45, 7) is 2.79. The predicted molar refractivity (Wildman–Crippen MR) is 72.9 cm³/mol. The number of hydrogen-bond donors (Lipinski definition) is 2. The molecule has 1 aromatic carbocycles. The summed E-state index contributed by atoms with van der Waals surface area (Å²) in [5.41, 5.74) is 6.98. The van der Waals surface area contributed by atoms with Crippen LogP contribution in [0.1, 0.15) is 5.01 Å². The molecule has 6 heteroatoms. The number of thiazole rings is 1. The molecule has 0 saturated heterocycles. The number of carbonyl (C=O) groups excluding carboxylic acids is 1. The molecule has 1 aromatic heterocycles. The van der Waals surface area contributed by atoms with Gasteiger partial charge < -0.3 is 15.8 Å². The molecular formula is C12H15N3O2S. The number of aryl methyl sites for hydroxylation is 1. The second-order valence-electron chi connectivity index (χ2n) is 3.80. The van der Waals surface area contributed by atoms with Gasteiger partial charge in [-0.15, -0.1) is 11.3 Å². The van der Waals surface area contributed by atoms with E-state index in [1.807, 2.05) is 25.1 Å². The van der Waals surface area contributed by atoms with Crippen LogP contribution in [0, 0.1) is 6.92 Å². The van der Waals surface area contributed by atoms with Crippen LogP contribution < -0.4 is 11.1 Å². The zero-order valence-corrected chi connectivity index (χ0v) is 10.9. The van der Waals surface area contributed by atoms with E-state index in [9.17, 15) is 4.79 Å². The molecule has 2 rings (SSSR count). The first kappa shape index (κ1) is 12.9. The number of anilines is 1. The molecule has 1 amide bonds. The number of benzene rings is 1. The molecule has 0 unspecified atom stereocenters. The number of hydrogen-bond acceptors (Lipinski definition) is 5. The van der Waals surface area contributed by atoms with E-state index < -0.39 is 0 Å². The largest absolute Gasteiger partial charge is 0.370 e. The van der Waals surface area contributed by atoms with E-state index in [2.05, 4.69) is 10.3 Å². The molecular weight excluding hydrogens is 250 g/mol. The lowest BCUT2D eigenvalue weighted by molar-refractivity contribution is -0.120. The Morgan fingerprint density at radius 2 is 2.39 bits per heavy atom. The smallest absolute Gasteiger partial charge is 0.250 e. The van der Waals surface area contributed by atoms with Gasteiger partial charge in [-0.25, -0.2) is 4.98 Å². The van der Waals surface area contributed by atoms with Crippen LogP contribution in [-0.4, -0.2) is 30.6 Å². The van der Waals surface area contributed by atoms with Crippen LogP contribution >= 0.6 is 11.3 Å². The quantitative estimate of drug-likeness (QED) is 0.803. The summed E-state index contributed by atoms with van der Waals surface area (Å²) in [5.74, 6) is -0.177. The van der Waals surface area contributed by atoms with Crippen LogP contribution in [0.4, 0.5) is 5.69 Å². The highest BCUT2D eigenvalue weighted by atomic mass is 32.1. The minimum atomic E-state index is -0.177. The predicted octanol–water partition coefficient (Wildman–Crippen LogP) is 1.52. The SMILES string of the molecule is Cc1nc2ccc(NC(=O)COCCN)cc2s1. The van der Waals surface area contributed by atoms with Crippen LogP contribution in [0.5, 0.6) is 0 Å². The van der Waals surface area contributed by atoms with Gasteiger partial charge in [0.25, 0.3) is 0 Å². The number of amides is 1. The molecule has 96 valence electrons. The van der Waals surface area contributed by atoms with E-state index in [1.165, 1.54) is 0 Å². The maximum absolute atomic E-state index is 11.5. The summed E-state index contributed by atoms with van der Waals surface area (Å²) < 4.78 is 6.12. The van der Waals surface area contributed by atoms with Crippen molar-refractivity contribution < 1.29 is 9.53 Å². The van der Waals surface area contributed by atoms with Gasteiger partial charge in [0, 0.05) is 12.2 Å². The van der Waals surface area contributed by atoms with Crippen LogP contribution in [0.2, 0.25) is 0 Å². The van der Waals surface area contributed by atoms with E-state index in [0.717, 1.165) is 20.9 Å². The number of rotatable bonds is 5. The Labute approximate surface area is 109 Å². The Hall–Kier alpha value is -1.50. The zero-order valence-electron chi connectivity index (χ0n) is 10.1. The van der Waals surface area contributed by atoms with Crippen molar-refractivity contribution in [3.63, 3.8) is 0 Å². The number of ether oxygens (including phenoxy) is 1. The van der Waals surface area contributed by atoms with Gasteiger partial charge in [0.1, 0.15) is 6.61 Å². The Bertz CT molecular complexity index is 553. The fraction of sp³-hybridized carbons (Fsp3) is 0.333. The summed E-state index contributed by atoms with van der Waals surface area (Å²) in [5, 5.41) is 3.79. The highest BCUT2D eigenvalue weighted by Gasteiger charge is 2.05. The van der Waals surface area contributed by atoms with Crippen molar-refractivity contribution in [2.75, 3.05) is 25.1 Å². The highest BCUT2D eigenvalue weighted by molar-refractivity contribution is 7.18. The first-order valence-electron chi connectivity index (χ1n) is 5.64. The summed E-state index contributed by atoms with van der Waals surface area (Å²) in [7, 11) is 0. The zero-order chi connectivity index (χ0) is 13.0. The van der Waals surface area contributed by atoms with Gasteiger partial charge in [0.15, 0.2) is 0 Å². The number of nitrogens with zero attached hydrogens (tertiary/aromatic N) is 1. The van der Waals surface area contributed by atoms with Crippen molar-refractivity contribution >= 4 is 33.1 Å². The topological polar surface area (TPSA) is 77.2 Å². The van der Waals surface area contributed by atoms with Gasteiger partial charge in [-0.3, -0.25) is 4.79 Å². The lowest BCUT2D eigenvalue weighted by Gasteiger charge is -2.05. The fourth-order valence-corrected chi connectivity index (χ4v) is 2.43. The Kier molecular flexibility index (Phi) is 4.24. The third kappa shape index (κ3) is 3.25. The molecule has 0 fully saturated rings. The van der Waals surface area contributed by atoms with E-state index in [0.29, 0.717) is 13.2 Å². The molecule has 2 aromatic rings. The van der Waals surface area contributed by atoms with Crippen molar-refractivity contribution in [2.45, 2.75) is 6.92 Å². The third-order valence-electron chi connectivity index (χ3n) is 2.27. The van der Waals surface area contributed by atoms with Crippen molar-refractivity contribution in [3.8, 4) is 0 Å². The van der Waals surface area contributed by atoms with E-state index in [1.54, 1.807) is 11.3 Å². The average Bonchev–Trinajstić information content (AvgIpc) is 2.69. The molecule has 0 aliphatic heterocycles. The summed E-state index contributed by atoms with van der Waals surface area (Å²) in [6, 6.07) is 5.65. The minimum absolute atomic E-state index is 0.0248. The van der Waals surface area contributed by atoms with Crippen molar-refractivity contribution in [1.29, 1.82) is 0 Å². The van der Waals surface area contributed by atoms with Crippen LogP contribution in [0.25, 0.3) is 10.2 Å². The molecule has 0 aliphatic carbocycles. The van der Waals surface area contributed by atoms with E-state index >= 15 is 0 Å². The van der Waals surface area contributed by atoms with Crippen molar-refractivity contribution in [1.82, 2.24) is 4.98 Å². The van der Waals surface area contributed by atoms with E-state index in [4.69, 9.17) is 10.5 Å². The first-order valence-corrected chi connectivity index (χ1v) is 6.45. The first-order chi connectivity index (χ1) is 8.69. The van der Waals surface area contributed by atoms with Gasteiger partial charge in [-0.2, -0.15) is 0 Å². The second-order valence-corrected chi connectivity index (χ2v) is 5.04. The average molecular weight is 265 g/mol. The minimum Gasteiger partial charge on any atom is -0.370 e. The number of nitrogens with one attached hydrogen (secondary N) is 1. The van der Waals surface area contributed by atoms with Gasteiger partial charge >= 0.3 is 0 Å². The summed E-state index contributed by atoms with van der Waals surface area (Å²) >= 11 is 1.60. The monoisotopic (exact) mass is 265 g/mol. The molecule has 0 aliphatic rings. The molecule has 3 N–H and O–H groups in total. The third-order valence-corrected chi connectivity index (χ3v) is 3.21. The van der Waals surface area contributed by atoms with Crippen molar-refractivity contribution in [3.05, 3.63) is 23.2 Å². The highest BCUT2D eigenvalue weighted by Crippen LogP contribution is 2.24. The standard InChI is InChI=1S/C12H15N3O2S/c1-8-14-10-3-2-9(6-11(10)18-8)15-12(16)7-17-5-4-13/h2-3,6H,4-5,7,13H2,1H3,(H,15,16). The molecule has 0 saturated carbocycles. The van der Waals surface area contributed by atoms with Gasteiger partial charge in [-0.05, 0) is 25.1 Å². The Morgan fingerprint density at radius 3 is 3.17 bits per heavy atom. The molecule has 0 atom stereocenters. The Morgan fingerprint density at radius 1 is 1.56 bits per heavy atom. The molecule has 0 spiro atoms. The lowest BCUT2D eigenvalue weighted by atomic mass is 10.3. The van der Waals surface area contributed by atoms with Crippen LogP contribution in [0.15, 0.2) is 18.2 Å². The fourth-order valence-electron chi connectivity index (χ4n) is 1.56. The maximum Gasteiger partial charge on any atom is 0.250 e. The van der Waals surface area contributed by atoms with E-state index in [-0.39, 0.29) is 12.5 Å². The summed E-state index contributed by atoms with van der Waals surface area (Å²) in [4.78, 5) is 15.9. The lowest BCUT2D eigenvalue weighted by Crippen LogP contribution is -2.20. The molecule has 0 radical (unpaired) electrons. The normalized spacial score (nSPS) is 10.8. The molecule has 0 bridgehead atoms. The number of carbonyl (C=O) groups is 1.